The lowest BCUT2D eigenvalue weighted by molar-refractivity contribution is -0.134. The molecule has 0 saturated heterocycles. The second kappa shape index (κ2) is 9.41. The Bertz CT molecular complexity index is 1190. The van der Waals surface area contributed by atoms with E-state index in [0.717, 1.165) is 38.5 Å². The molecule has 3 fully saturated rings. The minimum Gasteiger partial charge on any atom is -0.349 e. The molecule has 3 saturated carbocycles. The van der Waals surface area contributed by atoms with Crippen molar-refractivity contribution < 1.29 is 9.59 Å². The van der Waals surface area contributed by atoms with Gasteiger partial charge in [0.05, 0.1) is 6.04 Å². The van der Waals surface area contributed by atoms with Crippen LogP contribution in [-0.2, 0) is 16.0 Å². The third-order valence-corrected chi connectivity index (χ3v) is 11.8. The number of fused-ring (bicyclic) bond motifs is 5. The lowest BCUT2D eigenvalue weighted by atomic mass is 9.48. The summed E-state index contributed by atoms with van der Waals surface area (Å²) in [7, 11) is 0. The van der Waals surface area contributed by atoms with Gasteiger partial charge in [0, 0.05) is 22.3 Å². The Balaban J connectivity index is 1.20. The predicted molar refractivity (Wildman–Crippen MR) is 149 cm³/mol. The van der Waals surface area contributed by atoms with Gasteiger partial charge in [-0.3, -0.25) is 9.59 Å². The third kappa shape index (κ3) is 4.27. The average Bonchev–Trinajstić information content (AvgIpc) is 3.53. The van der Waals surface area contributed by atoms with Crippen LogP contribution in [0.5, 0.6) is 0 Å². The van der Waals surface area contributed by atoms with E-state index in [4.69, 9.17) is 0 Å². The molecule has 4 aliphatic rings. The molecule has 1 aromatic carbocycles. The second-order valence-corrected chi connectivity index (χ2v) is 13.6. The van der Waals surface area contributed by atoms with E-state index in [2.05, 4.69) is 79.3 Å². The maximum Gasteiger partial charge on any atom is 0.243 e. The molecular weight excluding hydrogens is 476 g/mol. The number of aryl methyl sites for hydroxylation is 1. The number of nitrogens with one attached hydrogen (secondary N) is 2. The van der Waals surface area contributed by atoms with Crippen molar-refractivity contribution in [3.05, 3.63) is 69.9 Å². The van der Waals surface area contributed by atoms with E-state index in [-0.39, 0.29) is 40.6 Å². The summed E-state index contributed by atoms with van der Waals surface area (Å²) >= 11 is 1.73. The molecule has 196 valence electrons. The number of carbonyl (C=O) groups is 2. The average molecular weight is 517 g/mol. The first-order valence-electron chi connectivity index (χ1n) is 14.2. The third-order valence-electron chi connectivity index (χ3n) is 10.8. The monoisotopic (exact) mass is 516 g/mol. The fourth-order valence-electron chi connectivity index (χ4n) is 8.71. The lowest BCUT2D eigenvalue weighted by Gasteiger charge is -2.58. The highest BCUT2D eigenvalue weighted by Gasteiger charge is 2.60. The van der Waals surface area contributed by atoms with Gasteiger partial charge in [-0.2, -0.15) is 0 Å². The molecule has 2 heterocycles. The molecule has 0 spiro atoms. The van der Waals surface area contributed by atoms with E-state index in [9.17, 15) is 9.59 Å². The van der Waals surface area contributed by atoms with Crippen LogP contribution in [0.1, 0.15) is 74.4 Å². The quantitative estimate of drug-likeness (QED) is 0.485. The fourth-order valence-corrected chi connectivity index (χ4v) is 9.49. The van der Waals surface area contributed by atoms with Gasteiger partial charge in [-0.1, -0.05) is 55.8 Å². The summed E-state index contributed by atoms with van der Waals surface area (Å²) in [6.45, 7) is 6.89. The van der Waals surface area contributed by atoms with Crippen LogP contribution in [0.15, 0.2) is 53.9 Å². The molecule has 2 N–H and O–H groups in total. The highest BCUT2D eigenvalue weighted by atomic mass is 32.1. The molecule has 4 nitrogen and oxygen atoms in total. The predicted octanol–water partition coefficient (Wildman–Crippen LogP) is 6.37. The summed E-state index contributed by atoms with van der Waals surface area (Å²) in [5, 5.41) is 8.89. The van der Waals surface area contributed by atoms with E-state index in [0.29, 0.717) is 17.8 Å². The molecular formula is C32H40N2O2S. The molecule has 3 aliphatic carbocycles. The first-order valence-corrected chi connectivity index (χ1v) is 15.0. The largest absolute Gasteiger partial charge is 0.349 e. The van der Waals surface area contributed by atoms with Gasteiger partial charge in [0.15, 0.2) is 0 Å². The number of carbonyl (C=O) groups excluding carboxylic acids is 2. The number of amides is 2. The zero-order valence-corrected chi connectivity index (χ0v) is 23.2. The maximum absolute atomic E-state index is 14.0. The van der Waals surface area contributed by atoms with Crippen molar-refractivity contribution in [2.75, 3.05) is 0 Å². The highest BCUT2D eigenvalue weighted by molar-refractivity contribution is 7.10. The molecule has 8 atom stereocenters. The minimum atomic E-state index is 0.0135. The maximum atomic E-state index is 14.0. The number of benzene rings is 1. The zero-order valence-electron chi connectivity index (χ0n) is 22.3. The van der Waals surface area contributed by atoms with Gasteiger partial charge in [0.25, 0.3) is 0 Å². The SMILES string of the molecule is Cc1ccc(CC(NC(=O)[C@H]2CC[C@H]3[C@@H]4CC[C@H]5NC(=O)C=C[C@]5(C)[C@H]4CC[C@]23C)c2cccs2)cc1. The molecule has 6 rings (SSSR count). The van der Waals surface area contributed by atoms with Crippen LogP contribution < -0.4 is 10.6 Å². The Morgan fingerprint density at radius 2 is 1.89 bits per heavy atom. The molecule has 1 aromatic heterocycles. The van der Waals surface area contributed by atoms with Crippen molar-refractivity contribution >= 4 is 23.2 Å². The summed E-state index contributed by atoms with van der Waals surface area (Å²) in [5.41, 5.74) is 2.62. The first-order chi connectivity index (χ1) is 17.8. The van der Waals surface area contributed by atoms with Crippen molar-refractivity contribution in [3.63, 3.8) is 0 Å². The van der Waals surface area contributed by atoms with E-state index >= 15 is 0 Å². The molecule has 2 amide bonds. The van der Waals surface area contributed by atoms with Gasteiger partial charge in [-0.25, -0.2) is 0 Å². The Morgan fingerprint density at radius 3 is 2.65 bits per heavy atom. The number of thiophene rings is 1. The highest BCUT2D eigenvalue weighted by Crippen LogP contribution is 2.65. The molecule has 2 aromatic rings. The Kier molecular flexibility index (Phi) is 6.34. The minimum absolute atomic E-state index is 0.0135. The van der Waals surface area contributed by atoms with Crippen molar-refractivity contribution in [2.24, 2.45) is 34.5 Å². The molecule has 37 heavy (non-hydrogen) atoms. The van der Waals surface area contributed by atoms with Gasteiger partial charge >= 0.3 is 0 Å². The van der Waals surface area contributed by atoms with Crippen molar-refractivity contribution in [2.45, 2.75) is 77.8 Å². The smallest absolute Gasteiger partial charge is 0.243 e. The Morgan fingerprint density at radius 1 is 1.08 bits per heavy atom. The second-order valence-electron chi connectivity index (χ2n) is 12.7. The van der Waals surface area contributed by atoms with Crippen LogP contribution in [0, 0.1) is 41.4 Å². The van der Waals surface area contributed by atoms with E-state index in [1.54, 1.807) is 17.4 Å². The molecule has 5 heteroatoms. The number of hydrogen-bond donors (Lipinski definition) is 2. The van der Waals surface area contributed by atoms with Gasteiger partial charge in [-0.15, -0.1) is 11.3 Å². The van der Waals surface area contributed by atoms with Crippen LogP contribution in [0.2, 0.25) is 0 Å². The molecule has 1 aliphatic heterocycles. The standard InChI is InChI=1S/C32H40N2O2S/c1-20-6-8-21(9-7-20)19-26(27-5-4-18-37-27)33-30(36)25-12-11-23-22-10-13-28-32(3,17-15-29(35)34-28)24(22)14-16-31(23,25)2/h4-9,15,17-18,22-26,28H,10-14,16,19H2,1-3H3,(H,33,36)(H,34,35)/t22-,23-,24-,25+,26?,28+,31-,32+/m0/s1. The summed E-state index contributed by atoms with van der Waals surface area (Å²) in [4.78, 5) is 27.2. The van der Waals surface area contributed by atoms with Gasteiger partial charge in [0.2, 0.25) is 11.8 Å². The van der Waals surface area contributed by atoms with E-state index < -0.39 is 0 Å². The summed E-state index contributed by atoms with van der Waals surface area (Å²) in [5.74, 6) is 2.19. The van der Waals surface area contributed by atoms with Gasteiger partial charge in [-0.05, 0) is 98.1 Å². The summed E-state index contributed by atoms with van der Waals surface area (Å²) in [6.07, 6.45) is 11.4. The van der Waals surface area contributed by atoms with Gasteiger partial charge < -0.3 is 10.6 Å². The fraction of sp³-hybridized carbons (Fsp3) is 0.562. The van der Waals surface area contributed by atoms with Crippen molar-refractivity contribution in [1.82, 2.24) is 10.6 Å². The van der Waals surface area contributed by atoms with Crippen molar-refractivity contribution in [1.29, 1.82) is 0 Å². The van der Waals surface area contributed by atoms with Crippen LogP contribution in [0.4, 0.5) is 0 Å². The van der Waals surface area contributed by atoms with E-state index in [1.165, 1.54) is 22.4 Å². The molecule has 1 unspecified atom stereocenters. The topological polar surface area (TPSA) is 58.2 Å². The van der Waals surface area contributed by atoms with Crippen LogP contribution >= 0.6 is 11.3 Å². The molecule has 0 radical (unpaired) electrons. The van der Waals surface area contributed by atoms with Crippen LogP contribution in [0.25, 0.3) is 0 Å². The summed E-state index contributed by atoms with van der Waals surface area (Å²) < 4.78 is 0. The van der Waals surface area contributed by atoms with Crippen molar-refractivity contribution in [3.8, 4) is 0 Å². The van der Waals surface area contributed by atoms with Crippen LogP contribution in [0.3, 0.4) is 0 Å². The first kappa shape index (κ1) is 24.9. The summed E-state index contributed by atoms with van der Waals surface area (Å²) in [6, 6.07) is 13.2. The lowest BCUT2D eigenvalue weighted by Crippen LogP contribution is -2.59. The van der Waals surface area contributed by atoms with Crippen LogP contribution in [-0.4, -0.2) is 17.9 Å². The Labute approximate surface area is 225 Å². The van der Waals surface area contributed by atoms with E-state index in [1.807, 2.05) is 0 Å². The van der Waals surface area contributed by atoms with Gasteiger partial charge in [0.1, 0.15) is 0 Å². The number of rotatable bonds is 5. The normalized spacial score (nSPS) is 37.2. The Hall–Kier alpha value is -2.40. The number of hydrogen-bond acceptors (Lipinski definition) is 3. The molecule has 0 bridgehead atoms. The zero-order chi connectivity index (χ0) is 25.8.